The Hall–Kier alpha value is -2.38. The van der Waals surface area contributed by atoms with E-state index in [2.05, 4.69) is 16.0 Å². The fraction of sp³-hybridized carbons (Fsp3) is 0.762. The first kappa shape index (κ1) is 31.6. The number of hydrogen-bond acceptors (Lipinski definition) is 8. The number of primary amides is 1. The summed E-state index contributed by atoms with van der Waals surface area (Å²) in [6.45, 7) is 3.83. The van der Waals surface area contributed by atoms with E-state index in [1.165, 1.54) is 11.8 Å². The monoisotopic (exact) mass is 504 g/mol. The zero-order valence-corrected chi connectivity index (χ0v) is 21.0. The molecule has 12 nitrogen and oxygen atoms in total. The molecule has 0 saturated carbocycles. The molecule has 0 aliphatic heterocycles. The first-order valence-corrected chi connectivity index (χ1v) is 12.7. The Kier molecular flexibility index (Phi) is 15.9. The van der Waals surface area contributed by atoms with E-state index in [1.54, 1.807) is 13.8 Å². The molecule has 0 aromatic rings. The number of unbranched alkanes of at least 4 members (excludes halogenated alkanes) is 1. The molecule has 0 aliphatic rings. The summed E-state index contributed by atoms with van der Waals surface area (Å²) >= 11 is 1.46. The summed E-state index contributed by atoms with van der Waals surface area (Å²) in [5.74, 6) is -3.41. The van der Waals surface area contributed by atoms with Gasteiger partial charge in [0.05, 0.1) is 6.04 Å². The molecule has 0 aromatic heterocycles. The molecule has 10 N–H and O–H groups in total. The minimum absolute atomic E-state index is 0.0297. The van der Waals surface area contributed by atoms with Gasteiger partial charge in [0, 0.05) is 6.42 Å². The van der Waals surface area contributed by atoms with E-state index < -0.39 is 53.8 Å². The molecule has 13 heteroatoms. The lowest BCUT2D eigenvalue weighted by Gasteiger charge is -2.27. The maximum Gasteiger partial charge on any atom is 0.326 e. The number of rotatable bonds is 18. The fourth-order valence-corrected chi connectivity index (χ4v) is 3.48. The highest BCUT2D eigenvalue weighted by Crippen LogP contribution is 2.08. The van der Waals surface area contributed by atoms with Gasteiger partial charge in [0.15, 0.2) is 0 Å². The van der Waals surface area contributed by atoms with Crippen molar-refractivity contribution in [2.45, 2.75) is 76.5 Å². The van der Waals surface area contributed by atoms with E-state index in [0.717, 1.165) is 0 Å². The molecule has 0 bridgehead atoms. The van der Waals surface area contributed by atoms with Crippen LogP contribution in [-0.2, 0) is 24.0 Å². The second-order valence-electron chi connectivity index (χ2n) is 8.37. The topological polar surface area (TPSA) is 220 Å². The molecule has 0 radical (unpaired) electrons. The average molecular weight is 505 g/mol. The Morgan fingerprint density at radius 1 is 0.882 bits per heavy atom. The van der Waals surface area contributed by atoms with Gasteiger partial charge in [-0.3, -0.25) is 19.2 Å². The second-order valence-corrected chi connectivity index (χ2v) is 9.35. The number of thioether (sulfide) groups is 1. The van der Waals surface area contributed by atoms with Crippen LogP contribution in [0, 0.1) is 5.92 Å². The van der Waals surface area contributed by atoms with Gasteiger partial charge in [0.2, 0.25) is 23.6 Å². The van der Waals surface area contributed by atoms with Gasteiger partial charge < -0.3 is 38.3 Å². The van der Waals surface area contributed by atoms with Crippen LogP contribution in [0.3, 0.4) is 0 Å². The lowest BCUT2D eigenvalue weighted by molar-refractivity contribution is -0.142. The highest BCUT2D eigenvalue weighted by atomic mass is 32.2. The van der Waals surface area contributed by atoms with Crippen molar-refractivity contribution >= 4 is 41.4 Å². The molecule has 4 atom stereocenters. The number of amides is 4. The molecule has 0 fully saturated rings. The Morgan fingerprint density at radius 3 is 2.00 bits per heavy atom. The van der Waals surface area contributed by atoms with E-state index in [9.17, 15) is 29.1 Å². The predicted molar refractivity (Wildman–Crippen MR) is 131 cm³/mol. The first-order chi connectivity index (χ1) is 15.9. The van der Waals surface area contributed by atoms with Crippen LogP contribution in [0.5, 0.6) is 0 Å². The number of nitrogens with two attached hydrogens (primary N) is 3. The third-order valence-corrected chi connectivity index (χ3v) is 5.73. The summed E-state index contributed by atoms with van der Waals surface area (Å²) < 4.78 is 0. The highest BCUT2D eigenvalue weighted by Gasteiger charge is 2.31. The number of nitrogens with one attached hydrogen (secondary N) is 3. The van der Waals surface area contributed by atoms with Gasteiger partial charge in [0.1, 0.15) is 18.1 Å². The van der Waals surface area contributed by atoms with Crippen molar-refractivity contribution in [1.82, 2.24) is 16.0 Å². The molecular weight excluding hydrogens is 464 g/mol. The van der Waals surface area contributed by atoms with Crippen molar-refractivity contribution in [1.29, 1.82) is 0 Å². The van der Waals surface area contributed by atoms with Crippen LogP contribution < -0.4 is 33.2 Å². The van der Waals surface area contributed by atoms with E-state index in [0.29, 0.717) is 25.1 Å². The molecule has 0 heterocycles. The lowest BCUT2D eigenvalue weighted by Crippen LogP contribution is -2.58. The molecular formula is C21H40N6O6S. The van der Waals surface area contributed by atoms with Gasteiger partial charge in [-0.1, -0.05) is 13.8 Å². The van der Waals surface area contributed by atoms with Crippen LogP contribution in [0.1, 0.15) is 52.4 Å². The zero-order chi connectivity index (χ0) is 26.3. The smallest absolute Gasteiger partial charge is 0.326 e. The van der Waals surface area contributed by atoms with Crippen LogP contribution in [0.15, 0.2) is 0 Å². The molecule has 0 aliphatic carbocycles. The summed E-state index contributed by atoms with van der Waals surface area (Å²) in [5.41, 5.74) is 16.4. The Labute approximate surface area is 204 Å². The number of carbonyl (C=O) groups is 5. The van der Waals surface area contributed by atoms with Gasteiger partial charge in [-0.05, 0) is 56.6 Å². The van der Waals surface area contributed by atoms with E-state index in [1.807, 2.05) is 6.26 Å². The molecule has 0 aromatic carbocycles. The predicted octanol–water partition coefficient (Wildman–Crippen LogP) is -1.34. The summed E-state index contributed by atoms with van der Waals surface area (Å²) in [6, 6.07) is -4.11. The van der Waals surface area contributed by atoms with Crippen molar-refractivity contribution < 1.29 is 29.1 Å². The van der Waals surface area contributed by atoms with Crippen LogP contribution in [-0.4, -0.2) is 77.4 Å². The SMILES string of the molecule is CSCCC(NC(=O)C(NC(=O)C(CCCCN)NC(=O)C(N)CCC(N)=O)C(C)C)C(=O)O. The quantitative estimate of drug-likeness (QED) is 0.110. The van der Waals surface area contributed by atoms with E-state index in [-0.39, 0.29) is 31.6 Å². The normalized spacial score (nSPS) is 14.5. The minimum Gasteiger partial charge on any atom is -0.480 e. The van der Waals surface area contributed by atoms with E-state index >= 15 is 0 Å². The lowest BCUT2D eigenvalue weighted by atomic mass is 10.0. The van der Waals surface area contributed by atoms with Crippen molar-refractivity contribution in [3.05, 3.63) is 0 Å². The molecule has 196 valence electrons. The summed E-state index contributed by atoms with van der Waals surface area (Å²) in [4.78, 5) is 60.7. The van der Waals surface area contributed by atoms with Crippen molar-refractivity contribution in [2.75, 3.05) is 18.6 Å². The van der Waals surface area contributed by atoms with E-state index in [4.69, 9.17) is 17.2 Å². The standard InChI is InChI=1S/C21H40N6O6S/c1-12(2)17(20(31)26-15(21(32)33)9-11-34-3)27-19(30)14(6-4-5-10-22)25-18(29)13(23)7-8-16(24)28/h12-15,17H,4-11,22-23H2,1-3H3,(H2,24,28)(H,25,29)(H,26,31)(H,27,30)(H,32,33). The third-order valence-electron chi connectivity index (χ3n) is 5.09. The maximum atomic E-state index is 13.0. The van der Waals surface area contributed by atoms with Crippen LogP contribution >= 0.6 is 11.8 Å². The maximum absolute atomic E-state index is 13.0. The number of carboxylic acid groups (broad SMARTS) is 1. The molecule has 4 amide bonds. The van der Waals surface area contributed by atoms with Crippen LogP contribution in [0.2, 0.25) is 0 Å². The molecule has 34 heavy (non-hydrogen) atoms. The molecule has 0 spiro atoms. The number of carboxylic acids is 1. The highest BCUT2D eigenvalue weighted by molar-refractivity contribution is 7.98. The van der Waals surface area contributed by atoms with Crippen molar-refractivity contribution in [2.24, 2.45) is 23.1 Å². The summed E-state index contributed by atoms with van der Waals surface area (Å²) in [6.07, 6.45) is 3.45. The Bertz CT molecular complexity index is 693. The minimum atomic E-state index is -1.16. The van der Waals surface area contributed by atoms with Gasteiger partial charge in [-0.15, -0.1) is 0 Å². The van der Waals surface area contributed by atoms with Crippen molar-refractivity contribution in [3.8, 4) is 0 Å². The van der Waals surface area contributed by atoms with Crippen molar-refractivity contribution in [3.63, 3.8) is 0 Å². The molecule has 0 rings (SSSR count). The van der Waals surface area contributed by atoms with Gasteiger partial charge >= 0.3 is 5.97 Å². The number of carbonyl (C=O) groups excluding carboxylic acids is 4. The molecule has 0 saturated heterocycles. The van der Waals surface area contributed by atoms with Gasteiger partial charge in [-0.25, -0.2) is 4.79 Å². The number of hydrogen-bond donors (Lipinski definition) is 7. The largest absolute Gasteiger partial charge is 0.480 e. The first-order valence-electron chi connectivity index (χ1n) is 11.3. The number of aliphatic carboxylic acids is 1. The summed E-state index contributed by atoms with van der Waals surface area (Å²) in [5, 5.41) is 17.1. The van der Waals surface area contributed by atoms with Gasteiger partial charge in [-0.2, -0.15) is 11.8 Å². The molecule has 4 unspecified atom stereocenters. The average Bonchev–Trinajstić information content (AvgIpc) is 2.76. The Balaban J connectivity index is 5.37. The fourth-order valence-electron chi connectivity index (χ4n) is 3.01. The second kappa shape index (κ2) is 17.1. The van der Waals surface area contributed by atoms with Gasteiger partial charge in [0.25, 0.3) is 0 Å². The summed E-state index contributed by atoms with van der Waals surface area (Å²) in [7, 11) is 0. The van der Waals surface area contributed by atoms with Crippen LogP contribution in [0.25, 0.3) is 0 Å². The third kappa shape index (κ3) is 12.8. The Morgan fingerprint density at radius 2 is 1.50 bits per heavy atom. The zero-order valence-electron chi connectivity index (χ0n) is 20.2. The van der Waals surface area contributed by atoms with Crippen LogP contribution in [0.4, 0.5) is 0 Å².